The molecule has 1 aromatic heterocycles. The first-order valence-electron chi connectivity index (χ1n) is 9.76. The SMILES string of the molecule is CCCCC(=O)Nc1ccc(-c2ccc3ccn(CCC)c(=O)c3c2)cc1F. The minimum Gasteiger partial charge on any atom is -0.324 e. The Kier molecular flexibility index (Phi) is 6.24. The normalized spacial score (nSPS) is 11.0. The summed E-state index contributed by atoms with van der Waals surface area (Å²) in [6, 6.07) is 12.2. The summed E-state index contributed by atoms with van der Waals surface area (Å²) in [5.41, 5.74) is 1.57. The first-order valence-corrected chi connectivity index (χ1v) is 9.76. The molecule has 1 heterocycles. The minimum absolute atomic E-state index is 0.0403. The predicted octanol–water partition coefficient (Wildman–Crippen LogP) is 5.35. The topological polar surface area (TPSA) is 51.1 Å². The number of hydrogen-bond donors (Lipinski definition) is 1. The molecule has 1 N–H and O–H groups in total. The zero-order chi connectivity index (χ0) is 20.1. The van der Waals surface area contributed by atoms with Crippen molar-refractivity contribution in [1.82, 2.24) is 4.57 Å². The Morgan fingerprint density at radius 3 is 2.50 bits per heavy atom. The van der Waals surface area contributed by atoms with Gasteiger partial charge < -0.3 is 9.88 Å². The zero-order valence-electron chi connectivity index (χ0n) is 16.3. The van der Waals surface area contributed by atoms with Crippen molar-refractivity contribution < 1.29 is 9.18 Å². The van der Waals surface area contributed by atoms with Crippen molar-refractivity contribution in [1.29, 1.82) is 0 Å². The van der Waals surface area contributed by atoms with Gasteiger partial charge in [-0.3, -0.25) is 9.59 Å². The molecule has 0 saturated carbocycles. The van der Waals surface area contributed by atoms with Gasteiger partial charge in [-0.15, -0.1) is 0 Å². The lowest BCUT2D eigenvalue weighted by Gasteiger charge is -2.10. The van der Waals surface area contributed by atoms with E-state index in [1.54, 1.807) is 22.8 Å². The number of aryl methyl sites for hydroxylation is 1. The molecule has 28 heavy (non-hydrogen) atoms. The van der Waals surface area contributed by atoms with Crippen LogP contribution in [0.4, 0.5) is 10.1 Å². The largest absolute Gasteiger partial charge is 0.324 e. The summed E-state index contributed by atoms with van der Waals surface area (Å²) < 4.78 is 16.2. The third-order valence-electron chi connectivity index (χ3n) is 4.78. The number of unbranched alkanes of at least 4 members (excludes halogenated alkanes) is 1. The summed E-state index contributed by atoms with van der Waals surface area (Å²) >= 11 is 0. The first kappa shape index (κ1) is 19.8. The number of hydrogen-bond acceptors (Lipinski definition) is 2. The standard InChI is InChI=1S/C23H25FN2O2/c1-3-5-6-22(27)25-21-10-9-18(15-20(21)24)17-8-7-16-11-13-26(12-4-2)23(28)19(16)14-17/h7-11,13-15H,3-6,12H2,1-2H3,(H,25,27). The molecule has 0 aliphatic heterocycles. The Hall–Kier alpha value is -2.95. The van der Waals surface area contributed by atoms with E-state index in [1.807, 2.05) is 38.2 Å². The zero-order valence-corrected chi connectivity index (χ0v) is 16.3. The van der Waals surface area contributed by atoms with Crippen LogP contribution in [0.25, 0.3) is 21.9 Å². The number of anilines is 1. The van der Waals surface area contributed by atoms with Gasteiger partial charge in [0.05, 0.1) is 5.69 Å². The highest BCUT2D eigenvalue weighted by Crippen LogP contribution is 2.26. The van der Waals surface area contributed by atoms with Gasteiger partial charge in [0.25, 0.3) is 5.56 Å². The van der Waals surface area contributed by atoms with Crippen molar-refractivity contribution in [2.75, 3.05) is 5.32 Å². The number of nitrogens with zero attached hydrogens (tertiary/aromatic N) is 1. The summed E-state index contributed by atoms with van der Waals surface area (Å²) in [7, 11) is 0. The second-order valence-corrected chi connectivity index (χ2v) is 6.96. The number of fused-ring (bicyclic) bond motifs is 1. The van der Waals surface area contributed by atoms with E-state index in [0.29, 0.717) is 23.9 Å². The molecule has 0 fully saturated rings. The van der Waals surface area contributed by atoms with E-state index in [2.05, 4.69) is 5.32 Å². The number of nitrogens with one attached hydrogen (secondary N) is 1. The monoisotopic (exact) mass is 380 g/mol. The van der Waals surface area contributed by atoms with E-state index in [4.69, 9.17) is 0 Å². The van der Waals surface area contributed by atoms with Crippen molar-refractivity contribution in [2.24, 2.45) is 0 Å². The fourth-order valence-electron chi connectivity index (χ4n) is 3.22. The number of amides is 1. The van der Waals surface area contributed by atoms with E-state index in [1.165, 1.54) is 6.07 Å². The number of pyridine rings is 1. The molecule has 2 aromatic carbocycles. The van der Waals surface area contributed by atoms with Crippen LogP contribution in [0.5, 0.6) is 0 Å². The van der Waals surface area contributed by atoms with Gasteiger partial charge >= 0.3 is 0 Å². The second-order valence-electron chi connectivity index (χ2n) is 6.96. The summed E-state index contributed by atoms with van der Waals surface area (Å²) in [5, 5.41) is 4.10. The van der Waals surface area contributed by atoms with Gasteiger partial charge in [0.2, 0.25) is 5.91 Å². The smallest absolute Gasteiger partial charge is 0.258 e. The van der Waals surface area contributed by atoms with Crippen molar-refractivity contribution in [3.05, 3.63) is 64.8 Å². The Bertz CT molecular complexity index is 1060. The maximum Gasteiger partial charge on any atom is 0.258 e. The van der Waals surface area contributed by atoms with Gasteiger partial charge in [0.15, 0.2) is 0 Å². The highest BCUT2D eigenvalue weighted by molar-refractivity contribution is 5.91. The Morgan fingerprint density at radius 2 is 1.79 bits per heavy atom. The highest BCUT2D eigenvalue weighted by atomic mass is 19.1. The molecule has 0 radical (unpaired) electrons. The lowest BCUT2D eigenvalue weighted by Crippen LogP contribution is -2.19. The van der Waals surface area contributed by atoms with Crippen molar-refractivity contribution >= 4 is 22.4 Å². The number of halogens is 1. The Morgan fingerprint density at radius 1 is 1.04 bits per heavy atom. The second kappa shape index (κ2) is 8.83. The maximum atomic E-state index is 14.5. The van der Waals surface area contributed by atoms with Crippen molar-refractivity contribution in [2.45, 2.75) is 46.1 Å². The van der Waals surface area contributed by atoms with Gasteiger partial charge in [0, 0.05) is 24.5 Å². The van der Waals surface area contributed by atoms with Crippen LogP contribution in [-0.2, 0) is 11.3 Å². The Balaban J connectivity index is 1.91. The number of carbonyl (C=O) groups excluding carboxylic acids is 1. The maximum absolute atomic E-state index is 14.5. The van der Waals surface area contributed by atoms with Crippen molar-refractivity contribution in [3.63, 3.8) is 0 Å². The van der Waals surface area contributed by atoms with Gasteiger partial charge in [-0.1, -0.05) is 38.5 Å². The number of carbonyl (C=O) groups is 1. The third-order valence-corrected chi connectivity index (χ3v) is 4.78. The molecule has 3 rings (SSSR count). The summed E-state index contributed by atoms with van der Waals surface area (Å²) in [5.74, 6) is -0.672. The van der Waals surface area contributed by atoms with Gasteiger partial charge in [-0.2, -0.15) is 0 Å². The van der Waals surface area contributed by atoms with Crippen LogP contribution in [0, 0.1) is 5.82 Å². The fourth-order valence-corrected chi connectivity index (χ4v) is 3.22. The summed E-state index contributed by atoms with van der Waals surface area (Å²) in [4.78, 5) is 24.5. The van der Waals surface area contributed by atoms with Crippen LogP contribution in [0.3, 0.4) is 0 Å². The van der Waals surface area contributed by atoms with Crippen LogP contribution in [-0.4, -0.2) is 10.5 Å². The first-order chi connectivity index (χ1) is 13.5. The number of rotatable bonds is 7. The molecule has 4 nitrogen and oxygen atoms in total. The molecule has 0 aliphatic carbocycles. The average Bonchev–Trinajstić information content (AvgIpc) is 2.70. The van der Waals surface area contributed by atoms with Gasteiger partial charge in [-0.05, 0) is 53.6 Å². The molecule has 3 aromatic rings. The molecule has 0 spiro atoms. The summed E-state index contributed by atoms with van der Waals surface area (Å²) in [6.07, 6.45) is 4.76. The molecule has 0 aliphatic rings. The van der Waals surface area contributed by atoms with E-state index in [0.717, 1.165) is 30.2 Å². The molecular formula is C23H25FN2O2. The van der Waals surface area contributed by atoms with E-state index >= 15 is 0 Å². The predicted molar refractivity (Wildman–Crippen MR) is 112 cm³/mol. The van der Waals surface area contributed by atoms with E-state index in [9.17, 15) is 14.0 Å². The van der Waals surface area contributed by atoms with E-state index in [-0.39, 0.29) is 17.2 Å². The van der Waals surface area contributed by atoms with Crippen molar-refractivity contribution in [3.8, 4) is 11.1 Å². The minimum atomic E-state index is -0.487. The molecule has 5 heteroatoms. The van der Waals surface area contributed by atoms with Crippen LogP contribution in [0.15, 0.2) is 53.5 Å². The lowest BCUT2D eigenvalue weighted by molar-refractivity contribution is -0.116. The lowest BCUT2D eigenvalue weighted by atomic mass is 10.0. The van der Waals surface area contributed by atoms with Crippen LogP contribution >= 0.6 is 0 Å². The van der Waals surface area contributed by atoms with E-state index < -0.39 is 5.82 Å². The fraction of sp³-hybridized carbons (Fsp3) is 0.304. The van der Waals surface area contributed by atoms with Gasteiger partial charge in [-0.25, -0.2) is 4.39 Å². The van der Waals surface area contributed by atoms with Crippen LogP contribution in [0.1, 0.15) is 39.5 Å². The highest BCUT2D eigenvalue weighted by Gasteiger charge is 2.10. The van der Waals surface area contributed by atoms with Crippen LogP contribution < -0.4 is 10.9 Å². The average molecular weight is 380 g/mol. The molecule has 0 atom stereocenters. The number of benzene rings is 2. The molecule has 146 valence electrons. The molecule has 0 saturated heterocycles. The quantitative estimate of drug-likeness (QED) is 0.601. The third kappa shape index (κ3) is 4.30. The molecular weight excluding hydrogens is 355 g/mol. The van der Waals surface area contributed by atoms with Crippen LogP contribution in [0.2, 0.25) is 0 Å². The molecule has 1 amide bonds. The summed E-state index contributed by atoms with van der Waals surface area (Å²) in [6.45, 7) is 4.70. The Labute approximate surface area is 164 Å². The molecule has 0 unspecified atom stereocenters. The van der Waals surface area contributed by atoms with Gasteiger partial charge in [0.1, 0.15) is 5.82 Å². The molecule has 0 bridgehead atoms. The number of aromatic nitrogens is 1.